The standard InChI is InChI=1S/C12H18ClNO2/c1-8(2)11(7-15)14-10-6-9(13)4-5-12(10)16-3/h4-6,8,11,14-15H,7H2,1-3H3. The lowest BCUT2D eigenvalue weighted by molar-refractivity contribution is 0.249. The first-order chi connectivity index (χ1) is 7.58. The summed E-state index contributed by atoms with van der Waals surface area (Å²) in [5.74, 6) is 1.05. The van der Waals surface area contributed by atoms with Crippen molar-refractivity contribution in [1.29, 1.82) is 0 Å². The molecule has 1 aromatic rings. The second kappa shape index (κ2) is 5.97. The minimum absolute atomic E-state index is 0.00707. The largest absolute Gasteiger partial charge is 0.495 e. The molecule has 1 aromatic carbocycles. The number of ether oxygens (including phenoxy) is 1. The third kappa shape index (κ3) is 3.29. The molecule has 0 fully saturated rings. The van der Waals surface area contributed by atoms with Crippen LogP contribution in [0.3, 0.4) is 0 Å². The minimum atomic E-state index is -0.00707. The average Bonchev–Trinajstić information content (AvgIpc) is 2.25. The van der Waals surface area contributed by atoms with Crippen LogP contribution in [-0.4, -0.2) is 24.9 Å². The van der Waals surface area contributed by atoms with E-state index in [-0.39, 0.29) is 12.6 Å². The first-order valence-corrected chi connectivity index (χ1v) is 5.67. The Balaban J connectivity index is 2.89. The monoisotopic (exact) mass is 243 g/mol. The molecule has 4 heteroatoms. The van der Waals surface area contributed by atoms with Gasteiger partial charge in [0.25, 0.3) is 0 Å². The van der Waals surface area contributed by atoms with Crippen molar-refractivity contribution < 1.29 is 9.84 Å². The molecule has 0 bridgehead atoms. The van der Waals surface area contributed by atoms with Crippen LogP contribution in [-0.2, 0) is 0 Å². The summed E-state index contributed by atoms with van der Waals surface area (Å²) in [6.07, 6.45) is 0. The normalized spacial score (nSPS) is 12.6. The second-order valence-electron chi connectivity index (χ2n) is 4.02. The second-order valence-corrected chi connectivity index (χ2v) is 4.46. The van der Waals surface area contributed by atoms with Crippen molar-refractivity contribution in [1.82, 2.24) is 0 Å². The van der Waals surface area contributed by atoms with Crippen LogP contribution in [0.4, 0.5) is 5.69 Å². The molecule has 1 unspecified atom stereocenters. The fourth-order valence-electron chi connectivity index (χ4n) is 1.42. The fraction of sp³-hybridized carbons (Fsp3) is 0.500. The highest BCUT2D eigenvalue weighted by atomic mass is 35.5. The average molecular weight is 244 g/mol. The summed E-state index contributed by atoms with van der Waals surface area (Å²) in [4.78, 5) is 0. The van der Waals surface area contributed by atoms with E-state index in [0.717, 1.165) is 11.4 Å². The zero-order valence-corrected chi connectivity index (χ0v) is 10.6. The van der Waals surface area contributed by atoms with Gasteiger partial charge in [0.05, 0.1) is 25.4 Å². The highest BCUT2D eigenvalue weighted by Gasteiger charge is 2.14. The topological polar surface area (TPSA) is 41.5 Å². The Morgan fingerprint density at radius 2 is 2.12 bits per heavy atom. The van der Waals surface area contributed by atoms with Gasteiger partial charge in [0, 0.05) is 5.02 Å². The summed E-state index contributed by atoms with van der Waals surface area (Å²) in [6.45, 7) is 4.17. The van der Waals surface area contributed by atoms with Crippen molar-refractivity contribution in [2.24, 2.45) is 5.92 Å². The molecule has 0 saturated carbocycles. The Kier molecular flexibility index (Phi) is 4.90. The van der Waals surface area contributed by atoms with Gasteiger partial charge in [0.1, 0.15) is 5.75 Å². The van der Waals surface area contributed by atoms with E-state index in [9.17, 15) is 5.11 Å². The SMILES string of the molecule is COc1ccc(Cl)cc1NC(CO)C(C)C. The van der Waals surface area contributed by atoms with Crippen molar-refractivity contribution in [2.75, 3.05) is 19.0 Å². The molecule has 0 aliphatic heterocycles. The molecule has 0 aliphatic carbocycles. The number of nitrogens with one attached hydrogen (secondary N) is 1. The van der Waals surface area contributed by atoms with Gasteiger partial charge in [-0.3, -0.25) is 0 Å². The maximum Gasteiger partial charge on any atom is 0.142 e. The molecule has 16 heavy (non-hydrogen) atoms. The number of benzene rings is 1. The first-order valence-electron chi connectivity index (χ1n) is 5.29. The maximum atomic E-state index is 9.25. The molecule has 0 heterocycles. The Hall–Kier alpha value is -0.930. The maximum absolute atomic E-state index is 9.25. The van der Waals surface area contributed by atoms with Crippen LogP contribution in [0.5, 0.6) is 5.75 Å². The molecular weight excluding hydrogens is 226 g/mol. The molecule has 90 valence electrons. The molecule has 0 aromatic heterocycles. The molecule has 0 saturated heterocycles. The predicted octanol–water partition coefficient (Wildman–Crippen LogP) is 2.78. The van der Waals surface area contributed by atoms with Crippen molar-refractivity contribution >= 4 is 17.3 Å². The van der Waals surface area contributed by atoms with Crippen LogP contribution in [0.25, 0.3) is 0 Å². The van der Waals surface area contributed by atoms with Crippen LogP contribution in [0.1, 0.15) is 13.8 Å². The Morgan fingerprint density at radius 3 is 2.62 bits per heavy atom. The Morgan fingerprint density at radius 1 is 1.44 bits per heavy atom. The number of aliphatic hydroxyl groups excluding tert-OH is 1. The highest BCUT2D eigenvalue weighted by molar-refractivity contribution is 6.30. The molecular formula is C12H18ClNO2. The smallest absolute Gasteiger partial charge is 0.142 e. The number of halogens is 1. The number of methoxy groups -OCH3 is 1. The van der Waals surface area contributed by atoms with Crippen LogP contribution >= 0.6 is 11.6 Å². The van der Waals surface area contributed by atoms with Crippen molar-refractivity contribution in [3.63, 3.8) is 0 Å². The van der Waals surface area contributed by atoms with E-state index in [2.05, 4.69) is 5.32 Å². The summed E-state index contributed by atoms with van der Waals surface area (Å²) in [6, 6.07) is 5.37. The van der Waals surface area contributed by atoms with E-state index in [1.165, 1.54) is 0 Å². The summed E-state index contributed by atoms with van der Waals surface area (Å²) in [5.41, 5.74) is 0.808. The van der Waals surface area contributed by atoms with Crippen LogP contribution in [0.15, 0.2) is 18.2 Å². The molecule has 0 spiro atoms. The van der Waals surface area contributed by atoms with E-state index >= 15 is 0 Å². The molecule has 3 nitrogen and oxygen atoms in total. The van der Waals surface area contributed by atoms with Gasteiger partial charge in [-0.15, -0.1) is 0 Å². The lowest BCUT2D eigenvalue weighted by Gasteiger charge is -2.22. The summed E-state index contributed by atoms with van der Waals surface area (Å²) >= 11 is 5.92. The lowest BCUT2D eigenvalue weighted by atomic mass is 10.1. The number of anilines is 1. The van der Waals surface area contributed by atoms with Crippen LogP contribution in [0.2, 0.25) is 5.02 Å². The zero-order chi connectivity index (χ0) is 12.1. The fourth-order valence-corrected chi connectivity index (χ4v) is 1.59. The van der Waals surface area contributed by atoms with Crippen molar-refractivity contribution in [2.45, 2.75) is 19.9 Å². The summed E-state index contributed by atoms with van der Waals surface area (Å²) in [5, 5.41) is 13.1. The lowest BCUT2D eigenvalue weighted by Crippen LogP contribution is -2.29. The quantitative estimate of drug-likeness (QED) is 0.836. The minimum Gasteiger partial charge on any atom is -0.495 e. The van der Waals surface area contributed by atoms with Gasteiger partial charge in [0.15, 0.2) is 0 Å². The Labute approximate surface area is 101 Å². The number of hydrogen-bond acceptors (Lipinski definition) is 3. The number of rotatable bonds is 5. The third-order valence-corrected chi connectivity index (χ3v) is 2.74. The summed E-state index contributed by atoms with van der Waals surface area (Å²) < 4.78 is 5.22. The van der Waals surface area contributed by atoms with Crippen LogP contribution in [0, 0.1) is 5.92 Å². The van der Waals surface area contributed by atoms with E-state index in [1.807, 2.05) is 13.8 Å². The number of hydrogen-bond donors (Lipinski definition) is 2. The van der Waals surface area contributed by atoms with Crippen LogP contribution < -0.4 is 10.1 Å². The van der Waals surface area contributed by atoms with Gasteiger partial charge in [0.2, 0.25) is 0 Å². The number of aliphatic hydroxyl groups is 1. The molecule has 0 radical (unpaired) electrons. The van der Waals surface area contributed by atoms with Crippen molar-refractivity contribution in [3.05, 3.63) is 23.2 Å². The summed E-state index contributed by atoms with van der Waals surface area (Å²) in [7, 11) is 1.61. The molecule has 1 atom stereocenters. The predicted molar refractivity (Wildman–Crippen MR) is 67.3 cm³/mol. The van der Waals surface area contributed by atoms with Crippen molar-refractivity contribution in [3.8, 4) is 5.75 Å². The van der Waals surface area contributed by atoms with Gasteiger partial charge in [-0.25, -0.2) is 0 Å². The Bertz CT molecular complexity index is 342. The van der Waals surface area contributed by atoms with E-state index in [1.54, 1.807) is 25.3 Å². The third-order valence-electron chi connectivity index (χ3n) is 2.50. The zero-order valence-electron chi connectivity index (χ0n) is 9.83. The van der Waals surface area contributed by atoms with Gasteiger partial charge >= 0.3 is 0 Å². The highest BCUT2D eigenvalue weighted by Crippen LogP contribution is 2.28. The molecule has 1 rings (SSSR count). The van der Waals surface area contributed by atoms with Gasteiger partial charge in [-0.2, -0.15) is 0 Å². The van der Waals surface area contributed by atoms with Gasteiger partial charge in [-0.1, -0.05) is 25.4 Å². The van der Waals surface area contributed by atoms with Gasteiger partial charge < -0.3 is 15.2 Å². The molecule has 0 aliphatic rings. The van der Waals surface area contributed by atoms with E-state index < -0.39 is 0 Å². The van der Waals surface area contributed by atoms with E-state index in [4.69, 9.17) is 16.3 Å². The van der Waals surface area contributed by atoms with Gasteiger partial charge in [-0.05, 0) is 24.1 Å². The molecule has 2 N–H and O–H groups in total. The van der Waals surface area contributed by atoms with E-state index in [0.29, 0.717) is 10.9 Å². The first kappa shape index (κ1) is 13.1. The molecule has 0 amide bonds.